The fraction of sp³-hybridized carbons (Fsp3) is 0.278. The third kappa shape index (κ3) is 5.99. The molecule has 0 saturated carbocycles. The zero-order chi connectivity index (χ0) is 20.0. The van der Waals surface area contributed by atoms with Crippen molar-refractivity contribution in [2.24, 2.45) is 0 Å². The molecule has 1 unspecified atom stereocenters. The van der Waals surface area contributed by atoms with Gasteiger partial charge in [0.2, 0.25) is 5.91 Å². The maximum Gasteiger partial charge on any atom is 0.417 e. The Kier molecular flexibility index (Phi) is 6.84. The normalized spacial score (nSPS) is 12.3. The van der Waals surface area contributed by atoms with E-state index in [0.717, 1.165) is 29.6 Å². The number of carbonyl (C=O) groups is 2. The molecule has 2 rings (SSSR count). The molecule has 27 heavy (non-hydrogen) atoms. The third-order valence-corrected chi connectivity index (χ3v) is 4.62. The lowest BCUT2D eigenvalue weighted by Crippen LogP contribution is -2.30. The van der Waals surface area contributed by atoms with Crippen LogP contribution in [0.15, 0.2) is 47.6 Å². The van der Waals surface area contributed by atoms with E-state index in [1.54, 1.807) is 31.2 Å². The van der Waals surface area contributed by atoms with Gasteiger partial charge in [0.25, 0.3) is 0 Å². The number of hydrogen-bond acceptors (Lipinski definition) is 5. The monoisotopic (exact) mass is 398 g/mol. The van der Waals surface area contributed by atoms with Crippen molar-refractivity contribution >= 4 is 23.6 Å². The zero-order valence-corrected chi connectivity index (χ0v) is 15.4. The van der Waals surface area contributed by atoms with Crippen LogP contribution in [-0.2, 0) is 22.3 Å². The van der Waals surface area contributed by atoms with E-state index in [1.807, 2.05) is 0 Å². The molecule has 0 spiro atoms. The summed E-state index contributed by atoms with van der Waals surface area (Å²) in [7, 11) is 1.29. The number of pyridine rings is 1. The molecule has 0 aliphatic rings. The predicted octanol–water partition coefficient (Wildman–Crippen LogP) is 3.68. The molecule has 0 saturated heterocycles. The summed E-state index contributed by atoms with van der Waals surface area (Å²) in [5.74, 6) is -0.724. The van der Waals surface area contributed by atoms with Crippen molar-refractivity contribution in [1.29, 1.82) is 0 Å². The fourth-order valence-electron chi connectivity index (χ4n) is 2.06. The molecule has 1 N–H and O–H groups in total. The number of ether oxygens (including phenoxy) is 1. The maximum absolute atomic E-state index is 12.5. The van der Waals surface area contributed by atoms with Crippen molar-refractivity contribution in [2.45, 2.75) is 29.9 Å². The number of alkyl halides is 3. The largest absolute Gasteiger partial charge is 0.465 e. The van der Waals surface area contributed by atoms with Crippen LogP contribution >= 0.6 is 11.8 Å². The molecule has 0 aliphatic heterocycles. The quantitative estimate of drug-likeness (QED) is 0.594. The number of nitrogens with one attached hydrogen (secondary N) is 1. The van der Waals surface area contributed by atoms with Gasteiger partial charge in [-0.2, -0.15) is 13.2 Å². The molecule has 1 heterocycles. The van der Waals surface area contributed by atoms with E-state index in [4.69, 9.17) is 0 Å². The van der Waals surface area contributed by atoms with Crippen LogP contribution in [0.2, 0.25) is 0 Å². The first-order chi connectivity index (χ1) is 12.7. The van der Waals surface area contributed by atoms with Gasteiger partial charge in [-0.1, -0.05) is 23.9 Å². The van der Waals surface area contributed by atoms with Crippen LogP contribution in [0, 0.1) is 0 Å². The van der Waals surface area contributed by atoms with Crippen molar-refractivity contribution in [2.75, 3.05) is 7.11 Å². The van der Waals surface area contributed by atoms with Crippen LogP contribution in [0.5, 0.6) is 0 Å². The van der Waals surface area contributed by atoms with Gasteiger partial charge in [0.1, 0.15) is 0 Å². The molecule has 1 aromatic carbocycles. The lowest BCUT2D eigenvalue weighted by atomic mass is 10.1. The molecule has 0 radical (unpaired) electrons. The van der Waals surface area contributed by atoms with Gasteiger partial charge in [-0.3, -0.25) is 4.79 Å². The Labute approximate surface area is 158 Å². The van der Waals surface area contributed by atoms with E-state index in [9.17, 15) is 22.8 Å². The smallest absolute Gasteiger partial charge is 0.417 e. The second-order valence-electron chi connectivity index (χ2n) is 5.55. The van der Waals surface area contributed by atoms with E-state index in [0.29, 0.717) is 10.6 Å². The molecule has 5 nitrogen and oxygen atoms in total. The molecule has 2 aromatic rings. The number of hydrogen-bond donors (Lipinski definition) is 1. The summed E-state index contributed by atoms with van der Waals surface area (Å²) < 4.78 is 42.2. The summed E-state index contributed by atoms with van der Waals surface area (Å²) in [6.45, 7) is 1.89. The second-order valence-corrected chi connectivity index (χ2v) is 6.91. The van der Waals surface area contributed by atoms with Crippen molar-refractivity contribution in [1.82, 2.24) is 10.3 Å². The van der Waals surface area contributed by atoms with E-state index in [2.05, 4.69) is 15.0 Å². The molecule has 0 fully saturated rings. The van der Waals surface area contributed by atoms with Gasteiger partial charge < -0.3 is 10.1 Å². The van der Waals surface area contributed by atoms with Crippen LogP contribution in [0.4, 0.5) is 13.2 Å². The number of esters is 1. The van der Waals surface area contributed by atoms with Crippen molar-refractivity contribution in [3.05, 3.63) is 59.3 Å². The molecule has 0 bridgehead atoms. The number of amides is 1. The lowest BCUT2D eigenvalue weighted by molar-refractivity contribution is -0.137. The molecular weight excluding hydrogens is 381 g/mol. The van der Waals surface area contributed by atoms with Gasteiger partial charge in [-0.25, -0.2) is 9.78 Å². The third-order valence-electron chi connectivity index (χ3n) is 3.57. The van der Waals surface area contributed by atoms with Gasteiger partial charge in [0, 0.05) is 12.7 Å². The number of benzene rings is 1. The van der Waals surface area contributed by atoms with E-state index in [1.165, 1.54) is 13.2 Å². The van der Waals surface area contributed by atoms with Crippen LogP contribution in [0.3, 0.4) is 0 Å². The molecule has 1 aromatic heterocycles. The Morgan fingerprint density at radius 2 is 1.85 bits per heavy atom. The summed E-state index contributed by atoms with van der Waals surface area (Å²) in [5, 5.41) is 2.52. The molecule has 0 aliphatic carbocycles. The standard InChI is InChI=1S/C18H17F3N2O3S/c1-11(27-15-8-7-14(10-22-15)18(19,20)21)16(24)23-9-12-3-5-13(6-4-12)17(25)26-2/h3-8,10-11H,9H2,1-2H3,(H,23,24). The number of nitrogens with zero attached hydrogens (tertiary/aromatic N) is 1. The minimum absolute atomic E-state index is 0.256. The highest BCUT2D eigenvalue weighted by Crippen LogP contribution is 2.30. The highest BCUT2D eigenvalue weighted by molar-refractivity contribution is 8.00. The number of aromatic nitrogens is 1. The number of halogens is 3. The Morgan fingerprint density at radius 1 is 1.19 bits per heavy atom. The summed E-state index contributed by atoms with van der Waals surface area (Å²) in [5.41, 5.74) is 0.366. The van der Waals surface area contributed by atoms with Gasteiger partial charge in [0.05, 0.1) is 28.5 Å². The Hall–Kier alpha value is -2.55. The van der Waals surface area contributed by atoms with E-state index >= 15 is 0 Å². The second kappa shape index (κ2) is 8.90. The Balaban J connectivity index is 1.87. The first-order valence-electron chi connectivity index (χ1n) is 7.85. The molecule has 9 heteroatoms. The lowest BCUT2D eigenvalue weighted by Gasteiger charge is -2.12. The predicted molar refractivity (Wildman–Crippen MR) is 94.2 cm³/mol. The Bertz CT molecular complexity index is 793. The number of methoxy groups -OCH3 is 1. The average molecular weight is 398 g/mol. The highest BCUT2D eigenvalue weighted by Gasteiger charge is 2.30. The van der Waals surface area contributed by atoms with Gasteiger partial charge in [0.15, 0.2) is 0 Å². The van der Waals surface area contributed by atoms with Crippen LogP contribution in [-0.4, -0.2) is 29.2 Å². The minimum Gasteiger partial charge on any atom is -0.465 e. The fourth-order valence-corrected chi connectivity index (χ4v) is 2.87. The maximum atomic E-state index is 12.5. The van der Waals surface area contributed by atoms with E-state index < -0.39 is 23.0 Å². The highest BCUT2D eigenvalue weighted by atomic mass is 32.2. The summed E-state index contributed by atoms with van der Waals surface area (Å²) in [4.78, 5) is 27.3. The molecule has 1 amide bonds. The van der Waals surface area contributed by atoms with Gasteiger partial charge >= 0.3 is 12.1 Å². The van der Waals surface area contributed by atoms with Gasteiger partial charge in [-0.15, -0.1) is 0 Å². The van der Waals surface area contributed by atoms with Crippen molar-refractivity contribution < 1.29 is 27.5 Å². The SMILES string of the molecule is COC(=O)c1ccc(CNC(=O)C(C)Sc2ccc(C(F)(F)F)cn2)cc1. The minimum atomic E-state index is -4.44. The average Bonchev–Trinajstić information content (AvgIpc) is 2.65. The number of carbonyl (C=O) groups excluding carboxylic acids is 2. The van der Waals surface area contributed by atoms with Crippen molar-refractivity contribution in [3.63, 3.8) is 0 Å². The number of thioether (sulfide) groups is 1. The van der Waals surface area contributed by atoms with Crippen LogP contribution in [0.25, 0.3) is 0 Å². The summed E-state index contributed by atoms with van der Waals surface area (Å²) in [6, 6.07) is 8.75. The molecular formula is C18H17F3N2O3S. The number of rotatable bonds is 6. The Morgan fingerprint density at radius 3 is 2.37 bits per heavy atom. The zero-order valence-electron chi connectivity index (χ0n) is 14.5. The first kappa shape index (κ1) is 20.8. The summed E-state index contributed by atoms with van der Waals surface area (Å²) >= 11 is 1.06. The molecule has 144 valence electrons. The first-order valence-corrected chi connectivity index (χ1v) is 8.73. The van der Waals surface area contributed by atoms with Crippen LogP contribution in [0.1, 0.15) is 28.4 Å². The summed E-state index contributed by atoms with van der Waals surface area (Å²) in [6.07, 6.45) is -3.70. The van der Waals surface area contributed by atoms with Crippen molar-refractivity contribution in [3.8, 4) is 0 Å². The van der Waals surface area contributed by atoms with Crippen LogP contribution < -0.4 is 5.32 Å². The van der Waals surface area contributed by atoms with E-state index in [-0.39, 0.29) is 12.5 Å². The molecule has 1 atom stereocenters. The topological polar surface area (TPSA) is 68.3 Å². The van der Waals surface area contributed by atoms with Gasteiger partial charge in [-0.05, 0) is 36.8 Å².